The zero-order valence-corrected chi connectivity index (χ0v) is 11.8. The second kappa shape index (κ2) is 6.17. The Morgan fingerprint density at radius 3 is 2.90 bits per heavy atom. The maximum absolute atomic E-state index is 12.3. The van der Waals surface area contributed by atoms with Gasteiger partial charge in [-0.2, -0.15) is 5.10 Å². The van der Waals surface area contributed by atoms with Crippen LogP contribution in [0.3, 0.4) is 0 Å². The van der Waals surface area contributed by atoms with Gasteiger partial charge in [-0.25, -0.2) is 0 Å². The molecule has 0 aliphatic carbocycles. The summed E-state index contributed by atoms with van der Waals surface area (Å²) in [6.07, 6.45) is 1.78. The van der Waals surface area contributed by atoms with Gasteiger partial charge in [0.1, 0.15) is 5.56 Å². The van der Waals surface area contributed by atoms with Crippen LogP contribution in [0.1, 0.15) is 35.0 Å². The summed E-state index contributed by atoms with van der Waals surface area (Å²) < 4.78 is 0. The number of aryl methyl sites for hydroxylation is 2. The molecule has 0 saturated heterocycles. The number of nitrogens with one attached hydrogen (secondary N) is 2. The molecule has 0 saturated carbocycles. The van der Waals surface area contributed by atoms with E-state index in [4.69, 9.17) is 0 Å². The second-order valence-electron chi connectivity index (χ2n) is 4.71. The van der Waals surface area contributed by atoms with E-state index in [1.54, 1.807) is 25.1 Å². The molecule has 1 amide bonds. The molecule has 1 aromatic heterocycles. The first-order valence-corrected chi connectivity index (χ1v) is 6.62. The zero-order valence-electron chi connectivity index (χ0n) is 11.8. The van der Waals surface area contributed by atoms with Gasteiger partial charge in [-0.3, -0.25) is 20.0 Å². The highest BCUT2D eigenvalue weighted by atomic mass is 16.6. The highest BCUT2D eigenvalue weighted by molar-refractivity contribution is 6.07. The molecule has 1 aromatic carbocycles. The Kier molecular flexibility index (Phi) is 4.32. The monoisotopic (exact) mass is 288 g/mol. The van der Waals surface area contributed by atoms with Crippen molar-refractivity contribution in [2.45, 2.75) is 26.7 Å². The lowest BCUT2D eigenvalue weighted by molar-refractivity contribution is -0.385. The molecule has 7 nitrogen and oxygen atoms in total. The maximum atomic E-state index is 12.3. The number of H-pyrrole nitrogens is 1. The molecule has 0 unspecified atom stereocenters. The third-order valence-corrected chi connectivity index (χ3v) is 3.07. The predicted octanol–water partition coefficient (Wildman–Crippen LogP) is 2.83. The van der Waals surface area contributed by atoms with Crippen LogP contribution in [0, 0.1) is 17.0 Å². The fraction of sp³-hybridized carbons (Fsp3) is 0.286. The van der Waals surface area contributed by atoms with Crippen LogP contribution in [0.25, 0.3) is 0 Å². The lowest BCUT2D eigenvalue weighted by Crippen LogP contribution is -2.15. The number of amides is 1. The minimum absolute atomic E-state index is 0.0579. The highest BCUT2D eigenvalue weighted by Gasteiger charge is 2.22. The number of nitrogens with zero attached hydrogens (tertiary/aromatic N) is 2. The first-order chi connectivity index (χ1) is 10.0. The van der Waals surface area contributed by atoms with Crippen molar-refractivity contribution in [3.8, 4) is 0 Å². The molecule has 110 valence electrons. The van der Waals surface area contributed by atoms with Gasteiger partial charge in [0, 0.05) is 17.8 Å². The van der Waals surface area contributed by atoms with Gasteiger partial charge < -0.3 is 5.32 Å². The summed E-state index contributed by atoms with van der Waals surface area (Å²) in [5.41, 5.74) is 1.30. The van der Waals surface area contributed by atoms with E-state index in [0.717, 1.165) is 18.5 Å². The van der Waals surface area contributed by atoms with Crippen LogP contribution >= 0.6 is 0 Å². The van der Waals surface area contributed by atoms with Crippen molar-refractivity contribution >= 4 is 17.4 Å². The van der Waals surface area contributed by atoms with E-state index >= 15 is 0 Å². The molecule has 0 spiro atoms. The molecule has 0 fully saturated rings. The lowest BCUT2D eigenvalue weighted by Gasteiger charge is -2.06. The second-order valence-corrected chi connectivity index (χ2v) is 4.71. The van der Waals surface area contributed by atoms with Crippen LogP contribution in [0.5, 0.6) is 0 Å². The molecule has 2 rings (SSSR count). The number of hydrogen-bond acceptors (Lipinski definition) is 4. The fourth-order valence-electron chi connectivity index (χ4n) is 2.10. The summed E-state index contributed by atoms with van der Waals surface area (Å²) >= 11 is 0. The SMILES string of the molecule is CCCc1cc(NC(=O)c2c(C)cccc2[N+](=O)[O-])n[nH]1. The van der Waals surface area contributed by atoms with E-state index < -0.39 is 10.8 Å². The van der Waals surface area contributed by atoms with E-state index in [1.807, 2.05) is 6.92 Å². The first-order valence-electron chi connectivity index (χ1n) is 6.62. The van der Waals surface area contributed by atoms with Crippen LogP contribution in [-0.4, -0.2) is 21.0 Å². The number of benzene rings is 1. The van der Waals surface area contributed by atoms with Gasteiger partial charge in [0.2, 0.25) is 0 Å². The number of nitro benzene ring substituents is 1. The van der Waals surface area contributed by atoms with Gasteiger partial charge in [0.15, 0.2) is 5.82 Å². The Bertz CT molecular complexity index is 679. The van der Waals surface area contributed by atoms with Crippen molar-refractivity contribution < 1.29 is 9.72 Å². The minimum Gasteiger partial charge on any atom is -0.305 e. The molecule has 2 aromatic rings. The van der Waals surface area contributed by atoms with Gasteiger partial charge in [-0.1, -0.05) is 25.5 Å². The molecule has 0 atom stereocenters. The van der Waals surface area contributed by atoms with Crippen LogP contribution < -0.4 is 5.32 Å². The number of carbonyl (C=O) groups is 1. The van der Waals surface area contributed by atoms with Gasteiger partial charge in [-0.05, 0) is 18.9 Å². The number of aromatic amines is 1. The van der Waals surface area contributed by atoms with Gasteiger partial charge in [0.05, 0.1) is 4.92 Å². The van der Waals surface area contributed by atoms with Crippen molar-refractivity contribution in [1.29, 1.82) is 0 Å². The molecule has 0 aliphatic heterocycles. The van der Waals surface area contributed by atoms with Gasteiger partial charge >= 0.3 is 0 Å². The molecule has 0 bridgehead atoms. The molecular formula is C14H16N4O3. The number of aromatic nitrogens is 2. The average molecular weight is 288 g/mol. The van der Waals surface area contributed by atoms with Crippen molar-refractivity contribution in [2.24, 2.45) is 0 Å². The van der Waals surface area contributed by atoms with Crippen molar-refractivity contribution in [3.63, 3.8) is 0 Å². The summed E-state index contributed by atoms with van der Waals surface area (Å²) in [5, 5.41) is 20.4. The van der Waals surface area contributed by atoms with Crippen LogP contribution in [-0.2, 0) is 6.42 Å². The number of nitro groups is 1. The lowest BCUT2D eigenvalue weighted by atomic mass is 10.1. The third kappa shape index (κ3) is 3.25. The highest BCUT2D eigenvalue weighted by Crippen LogP contribution is 2.23. The molecular weight excluding hydrogens is 272 g/mol. The van der Waals surface area contributed by atoms with Crippen LogP contribution in [0.15, 0.2) is 24.3 Å². The normalized spacial score (nSPS) is 10.4. The first kappa shape index (κ1) is 14.7. The van der Waals surface area contributed by atoms with Gasteiger partial charge in [0.25, 0.3) is 11.6 Å². The Balaban J connectivity index is 2.25. The van der Waals surface area contributed by atoms with E-state index in [0.29, 0.717) is 11.4 Å². The van der Waals surface area contributed by atoms with Crippen molar-refractivity contribution in [1.82, 2.24) is 10.2 Å². The fourth-order valence-corrected chi connectivity index (χ4v) is 2.10. The average Bonchev–Trinajstić information content (AvgIpc) is 2.86. The zero-order chi connectivity index (χ0) is 15.4. The predicted molar refractivity (Wildman–Crippen MR) is 78.4 cm³/mol. The van der Waals surface area contributed by atoms with Crippen LogP contribution in [0.2, 0.25) is 0 Å². The smallest absolute Gasteiger partial charge is 0.282 e. The Morgan fingerprint density at radius 2 is 2.24 bits per heavy atom. The van der Waals surface area contributed by atoms with Crippen LogP contribution in [0.4, 0.5) is 11.5 Å². The summed E-state index contributed by atoms with van der Waals surface area (Å²) in [5.74, 6) is -0.171. The largest absolute Gasteiger partial charge is 0.305 e. The summed E-state index contributed by atoms with van der Waals surface area (Å²) in [6, 6.07) is 6.26. The summed E-state index contributed by atoms with van der Waals surface area (Å²) in [6.45, 7) is 3.70. The quantitative estimate of drug-likeness (QED) is 0.652. The number of rotatable bonds is 5. The van der Waals surface area contributed by atoms with E-state index in [9.17, 15) is 14.9 Å². The van der Waals surface area contributed by atoms with E-state index in [-0.39, 0.29) is 11.3 Å². The minimum atomic E-state index is -0.561. The Hall–Kier alpha value is -2.70. The molecule has 7 heteroatoms. The Labute approximate surface area is 121 Å². The van der Waals surface area contributed by atoms with Crippen molar-refractivity contribution in [3.05, 3.63) is 51.2 Å². The number of carbonyl (C=O) groups excluding carboxylic acids is 1. The standard InChI is InChI=1S/C14H16N4O3/c1-3-5-10-8-12(17-16-10)15-14(19)13-9(2)6-4-7-11(13)18(20)21/h4,6-8H,3,5H2,1-2H3,(H2,15,16,17,19). The summed E-state index contributed by atoms with van der Waals surface area (Å²) in [4.78, 5) is 22.7. The molecule has 21 heavy (non-hydrogen) atoms. The molecule has 2 N–H and O–H groups in total. The topological polar surface area (TPSA) is 101 Å². The number of anilines is 1. The Morgan fingerprint density at radius 1 is 1.48 bits per heavy atom. The maximum Gasteiger partial charge on any atom is 0.282 e. The van der Waals surface area contributed by atoms with Gasteiger partial charge in [-0.15, -0.1) is 0 Å². The third-order valence-electron chi connectivity index (χ3n) is 3.07. The molecule has 1 heterocycles. The number of hydrogen-bond donors (Lipinski definition) is 2. The van der Waals surface area contributed by atoms with E-state index in [1.165, 1.54) is 6.07 Å². The molecule has 0 aliphatic rings. The van der Waals surface area contributed by atoms with E-state index in [2.05, 4.69) is 15.5 Å². The molecule has 0 radical (unpaired) electrons. The van der Waals surface area contributed by atoms with Crippen molar-refractivity contribution in [2.75, 3.05) is 5.32 Å². The summed E-state index contributed by atoms with van der Waals surface area (Å²) in [7, 11) is 0.